The minimum absolute atomic E-state index is 0.0419. The molecule has 1 saturated carbocycles. The summed E-state index contributed by atoms with van der Waals surface area (Å²) in [5.41, 5.74) is 2.00. The minimum atomic E-state index is -0.699. The van der Waals surface area contributed by atoms with Gasteiger partial charge in [-0.15, -0.1) is 23.5 Å². The lowest BCUT2D eigenvalue weighted by atomic mass is 9.96. The Balaban J connectivity index is 1.61. The van der Waals surface area contributed by atoms with Crippen LogP contribution >= 0.6 is 39.5 Å². The summed E-state index contributed by atoms with van der Waals surface area (Å²) in [4.78, 5) is 19.8. The second kappa shape index (κ2) is 7.00. The molecule has 4 rings (SSSR count). The smallest absolute Gasteiger partial charge is 0.307 e. The molecule has 0 bridgehead atoms. The average molecular weight is 439 g/mol. The van der Waals surface area contributed by atoms with Gasteiger partial charge in [0.25, 0.3) is 0 Å². The van der Waals surface area contributed by atoms with Gasteiger partial charge in [0.1, 0.15) is 5.82 Å². The number of halogens is 1. The van der Waals surface area contributed by atoms with Gasteiger partial charge in [-0.3, -0.25) is 4.79 Å². The van der Waals surface area contributed by atoms with Gasteiger partial charge in [0, 0.05) is 10.4 Å². The Morgan fingerprint density at radius 2 is 1.96 bits per heavy atom. The quantitative estimate of drug-likeness (QED) is 0.706. The van der Waals surface area contributed by atoms with Crippen LogP contribution in [-0.4, -0.2) is 36.6 Å². The fraction of sp³-hybridized carbons (Fsp3) is 0.444. The van der Waals surface area contributed by atoms with Crippen LogP contribution in [0.15, 0.2) is 34.9 Å². The van der Waals surface area contributed by atoms with Crippen LogP contribution < -0.4 is 0 Å². The molecule has 2 N–H and O–H groups in total. The second-order valence-corrected chi connectivity index (χ2v) is 10.7. The standard InChI is InChI=1S/C18H19BrN2O2S2/c19-12-4-2-11(3-5-12)15-10-20-16(21-15)13-8-18(9-14(13)17(22)23)24-6-1-7-25-18/h2-5,10,13-14H,1,6-9H2,(H,20,21)(H,22,23)/t13-,14-/m1/s1. The molecule has 2 atom stereocenters. The number of hydrogen-bond acceptors (Lipinski definition) is 4. The molecule has 2 aromatic rings. The first-order valence-corrected chi connectivity index (χ1v) is 11.1. The van der Waals surface area contributed by atoms with Gasteiger partial charge in [0.2, 0.25) is 0 Å². The number of nitrogens with zero attached hydrogens (tertiary/aromatic N) is 1. The number of H-pyrrole nitrogens is 1. The van der Waals surface area contributed by atoms with E-state index in [1.54, 1.807) is 0 Å². The van der Waals surface area contributed by atoms with Gasteiger partial charge in [0.15, 0.2) is 0 Å². The highest BCUT2D eigenvalue weighted by Gasteiger charge is 2.51. The number of carboxylic acids is 1. The SMILES string of the molecule is O=C(O)[C@@H]1CC2(C[C@H]1c1ncc(-c3ccc(Br)cc3)[nH]1)SCCCS2. The van der Waals surface area contributed by atoms with E-state index in [1.807, 2.05) is 54.0 Å². The van der Waals surface area contributed by atoms with Crippen LogP contribution in [-0.2, 0) is 4.79 Å². The Kier molecular flexibility index (Phi) is 4.90. The summed E-state index contributed by atoms with van der Waals surface area (Å²) in [6, 6.07) is 8.05. The Labute approximate surface area is 163 Å². The average Bonchev–Trinajstić information content (AvgIpc) is 3.22. The molecule has 2 heterocycles. The lowest BCUT2D eigenvalue weighted by molar-refractivity contribution is -0.142. The van der Waals surface area contributed by atoms with Crippen LogP contribution in [0.5, 0.6) is 0 Å². The number of nitrogens with one attached hydrogen (secondary N) is 1. The first kappa shape index (κ1) is 17.5. The van der Waals surface area contributed by atoms with E-state index in [0.717, 1.165) is 45.9 Å². The molecule has 1 aliphatic heterocycles. The molecule has 1 aromatic carbocycles. The molecule has 1 aromatic heterocycles. The third-order valence-electron chi connectivity index (χ3n) is 4.99. The second-order valence-electron chi connectivity index (χ2n) is 6.61. The summed E-state index contributed by atoms with van der Waals surface area (Å²) >= 11 is 7.35. The van der Waals surface area contributed by atoms with Gasteiger partial charge >= 0.3 is 5.97 Å². The number of thioether (sulfide) groups is 2. The Morgan fingerprint density at radius 3 is 2.64 bits per heavy atom. The zero-order valence-electron chi connectivity index (χ0n) is 13.6. The maximum absolute atomic E-state index is 11.9. The topological polar surface area (TPSA) is 66.0 Å². The van der Waals surface area contributed by atoms with Gasteiger partial charge in [-0.25, -0.2) is 4.98 Å². The fourth-order valence-electron chi connectivity index (χ4n) is 3.74. The number of hydrogen-bond donors (Lipinski definition) is 2. The lowest BCUT2D eigenvalue weighted by Crippen LogP contribution is -2.22. The highest BCUT2D eigenvalue weighted by atomic mass is 79.9. The first-order valence-electron chi connectivity index (χ1n) is 8.38. The highest BCUT2D eigenvalue weighted by molar-refractivity contribution is 9.10. The summed E-state index contributed by atoms with van der Waals surface area (Å²) in [5, 5.41) is 9.75. The third kappa shape index (κ3) is 3.51. The molecule has 4 nitrogen and oxygen atoms in total. The van der Waals surface area contributed by atoms with E-state index < -0.39 is 5.97 Å². The Hall–Kier alpha value is -0.920. The zero-order valence-corrected chi connectivity index (χ0v) is 16.8. The molecule has 1 aliphatic carbocycles. The van der Waals surface area contributed by atoms with Crippen molar-refractivity contribution in [1.29, 1.82) is 0 Å². The number of carboxylic acid groups (broad SMARTS) is 1. The summed E-state index contributed by atoms with van der Waals surface area (Å²) < 4.78 is 1.09. The molecule has 25 heavy (non-hydrogen) atoms. The van der Waals surface area contributed by atoms with E-state index in [-0.39, 0.29) is 15.9 Å². The van der Waals surface area contributed by atoms with Gasteiger partial charge in [-0.1, -0.05) is 28.1 Å². The molecule has 0 amide bonds. The molecule has 2 fully saturated rings. The predicted molar refractivity (Wildman–Crippen MR) is 107 cm³/mol. The van der Waals surface area contributed by atoms with Crippen molar-refractivity contribution in [3.05, 3.63) is 40.8 Å². The number of rotatable bonds is 3. The first-order chi connectivity index (χ1) is 12.1. The van der Waals surface area contributed by atoms with E-state index in [2.05, 4.69) is 25.9 Å². The van der Waals surface area contributed by atoms with Crippen molar-refractivity contribution < 1.29 is 9.90 Å². The molecule has 7 heteroatoms. The fourth-order valence-corrected chi connectivity index (χ4v) is 7.53. The van der Waals surface area contributed by atoms with Crippen molar-refractivity contribution in [2.45, 2.75) is 29.3 Å². The van der Waals surface area contributed by atoms with E-state index in [9.17, 15) is 9.90 Å². The predicted octanol–water partition coefficient (Wildman–Crippen LogP) is 4.98. The molecule has 1 spiro atoms. The van der Waals surface area contributed by atoms with Crippen molar-refractivity contribution >= 4 is 45.4 Å². The van der Waals surface area contributed by atoms with Crippen molar-refractivity contribution in [2.75, 3.05) is 11.5 Å². The number of benzene rings is 1. The Bertz CT molecular complexity index is 772. The molecule has 2 aliphatic rings. The normalized spacial score (nSPS) is 25.3. The summed E-state index contributed by atoms with van der Waals surface area (Å²) in [6.07, 6.45) is 4.65. The monoisotopic (exact) mass is 438 g/mol. The lowest BCUT2D eigenvalue weighted by Gasteiger charge is -2.32. The van der Waals surface area contributed by atoms with Crippen LogP contribution in [0.3, 0.4) is 0 Å². The largest absolute Gasteiger partial charge is 0.481 e. The highest BCUT2D eigenvalue weighted by Crippen LogP contribution is 2.59. The zero-order chi connectivity index (χ0) is 17.4. The van der Waals surface area contributed by atoms with Gasteiger partial charge < -0.3 is 10.1 Å². The molecule has 1 saturated heterocycles. The van der Waals surface area contributed by atoms with Gasteiger partial charge in [-0.05, 0) is 48.5 Å². The van der Waals surface area contributed by atoms with Crippen molar-refractivity contribution in [1.82, 2.24) is 9.97 Å². The maximum Gasteiger partial charge on any atom is 0.307 e. The number of aromatic nitrogens is 2. The Morgan fingerprint density at radius 1 is 1.24 bits per heavy atom. The maximum atomic E-state index is 11.9. The molecular formula is C18H19BrN2O2S2. The van der Waals surface area contributed by atoms with E-state index in [4.69, 9.17) is 0 Å². The molecular weight excluding hydrogens is 420 g/mol. The van der Waals surface area contributed by atoms with E-state index >= 15 is 0 Å². The number of imidazole rings is 1. The molecule has 132 valence electrons. The summed E-state index contributed by atoms with van der Waals surface area (Å²) in [5.74, 6) is 1.98. The summed E-state index contributed by atoms with van der Waals surface area (Å²) in [7, 11) is 0. The van der Waals surface area contributed by atoms with Crippen molar-refractivity contribution in [2.24, 2.45) is 5.92 Å². The number of carbonyl (C=O) groups is 1. The third-order valence-corrected chi connectivity index (χ3v) is 8.93. The van der Waals surface area contributed by atoms with Crippen LogP contribution in [0.2, 0.25) is 0 Å². The van der Waals surface area contributed by atoms with Gasteiger partial charge in [0.05, 0.1) is 21.9 Å². The van der Waals surface area contributed by atoms with Crippen LogP contribution in [0.4, 0.5) is 0 Å². The van der Waals surface area contributed by atoms with E-state index in [1.165, 1.54) is 6.42 Å². The number of aromatic amines is 1. The molecule has 0 radical (unpaired) electrons. The molecule has 0 unspecified atom stereocenters. The summed E-state index contributed by atoms with van der Waals surface area (Å²) in [6.45, 7) is 0. The minimum Gasteiger partial charge on any atom is -0.481 e. The van der Waals surface area contributed by atoms with Crippen LogP contribution in [0, 0.1) is 5.92 Å². The number of aliphatic carboxylic acids is 1. The van der Waals surface area contributed by atoms with Crippen molar-refractivity contribution in [3.63, 3.8) is 0 Å². The van der Waals surface area contributed by atoms with Gasteiger partial charge in [-0.2, -0.15) is 0 Å². The van der Waals surface area contributed by atoms with Crippen LogP contribution in [0.1, 0.15) is 31.0 Å². The van der Waals surface area contributed by atoms with Crippen LogP contribution in [0.25, 0.3) is 11.3 Å². The van der Waals surface area contributed by atoms with E-state index in [0.29, 0.717) is 0 Å². The van der Waals surface area contributed by atoms with Crippen molar-refractivity contribution in [3.8, 4) is 11.3 Å².